The lowest BCUT2D eigenvalue weighted by Crippen LogP contribution is -2.37. The summed E-state index contributed by atoms with van der Waals surface area (Å²) in [6.45, 7) is 1.96. The first-order valence-electron chi connectivity index (χ1n) is 6.11. The Morgan fingerprint density at radius 2 is 2.00 bits per heavy atom. The van der Waals surface area contributed by atoms with Crippen LogP contribution in [-0.2, 0) is 0 Å². The minimum Gasteiger partial charge on any atom is -0.378 e. The molecule has 1 aromatic rings. The molecule has 0 bridgehead atoms. The molecule has 0 aliphatic heterocycles. The molecule has 0 heterocycles. The number of hydrogen-bond donors (Lipinski definition) is 0. The normalized spacial score (nSPS) is 12.1. The van der Waals surface area contributed by atoms with Gasteiger partial charge in [-0.15, -0.1) is 0 Å². The summed E-state index contributed by atoms with van der Waals surface area (Å²) in [5, 5.41) is 0. The van der Waals surface area contributed by atoms with Crippen LogP contribution in [0.4, 0.5) is 10.1 Å². The van der Waals surface area contributed by atoms with Crippen molar-refractivity contribution in [1.29, 1.82) is 0 Å². The number of amides is 1. The number of hydrogen-bond acceptors (Lipinski definition) is 3. The summed E-state index contributed by atoms with van der Waals surface area (Å²) in [4.78, 5) is 15.6. The number of nitrogens with zero attached hydrogens (tertiary/aromatic N) is 2. The zero-order valence-corrected chi connectivity index (χ0v) is 12.9. The van der Waals surface area contributed by atoms with Gasteiger partial charge in [-0.2, -0.15) is 11.8 Å². The third kappa shape index (κ3) is 3.86. The highest BCUT2D eigenvalue weighted by Crippen LogP contribution is 2.19. The highest BCUT2D eigenvalue weighted by atomic mass is 32.2. The summed E-state index contributed by atoms with van der Waals surface area (Å²) in [5.74, 6) is 0.0865. The van der Waals surface area contributed by atoms with Gasteiger partial charge in [0.1, 0.15) is 5.82 Å². The van der Waals surface area contributed by atoms with Crippen LogP contribution in [0, 0.1) is 5.82 Å². The molecule has 1 aromatic carbocycles. The van der Waals surface area contributed by atoms with Crippen LogP contribution in [0.1, 0.15) is 17.3 Å². The van der Waals surface area contributed by atoms with E-state index in [1.807, 2.05) is 27.3 Å². The van der Waals surface area contributed by atoms with Crippen molar-refractivity contribution in [3.63, 3.8) is 0 Å². The van der Waals surface area contributed by atoms with Crippen molar-refractivity contribution >= 4 is 23.4 Å². The fourth-order valence-corrected chi connectivity index (χ4v) is 2.40. The molecule has 1 rings (SSSR count). The van der Waals surface area contributed by atoms with Gasteiger partial charge in [0, 0.05) is 38.6 Å². The summed E-state index contributed by atoms with van der Waals surface area (Å²) < 4.78 is 14.0. The van der Waals surface area contributed by atoms with Crippen LogP contribution in [0.2, 0.25) is 0 Å². The zero-order chi connectivity index (χ0) is 14.6. The van der Waals surface area contributed by atoms with Gasteiger partial charge in [0.15, 0.2) is 0 Å². The van der Waals surface area contributed by atoms with E-state index in [1.54, 1.807) is 40.7 Å². The molecule has 0 aromatic heterocycles. The van der Waals surface area contributed by atoms with Gasteiger partial charge in [-0.05, 0) is 31.4 Å². The van der Waals surface area contributed by atoms with Crippen LogP contribution in [0.25, 0.3) is 0 Å². The van der Waals surface area contributed by atoms with Crippen LogP contribution in [0.5, 0.6) is 0 Å². The van der Waals surface area contributed by atoms with Crippen LogP contribution < -0.4 is 4.90 Å². The van der Waals surface area contributed by atoms with Crippen LogP contribution >= 0.6 is 11.8 Å². The molecule has 1 atom stereocenters. The molecule has 19 heavy (non-hydrogen) atoms. The van der Waals surface area contributed by atoms with Gasteiger partial charge in [-0.1, -0.05) is 0 Å². The summed E-state index contributed by atoms with van der Waals surface area (Å²) >= 11 is 1.67. The van der Waals surface area contributed by atoms with E-state index in [-0.39, 0.29) is 17.5 Å². The lowest BCUT2D eigenvalue weighted by atomic mass is 10.1. The molecule has 0 saturated heterocycles. The molecule has 0 N–H and O–H groups in total. The van der Waals surface area contributed by atoms with Crippen LogP contribution in [-0.4, -0.2) is 50.0 Å². The predicted molar refractivity (Wildman–Crippen MR) is 80.7 cm³/mol. The number of carbonyl (C=O) groups is 1. The number of benzene rings is 1. The third-order valence-corrected chi connectivity index (χ3v) is 3.90. The molecule has 5 heteroatoms. The van der Waals surface area contributed by atoms with Crippen molar-refractivity contribution in [1.82, 2.24) is 4.90 Å². The number of thioether (sulfide) groups is 1. The molecule has 1 amide bonds. The Morgan fingerprint density at radius 1 is 1.37 bits per heavy atom. The Bertz CT molecular complexity index is 451. The molecule has 0 spiro atoms. The van der Waals surface area contributed by atoms with Gasteiger partial charge >= 0.3 is 0 Å². The molecule has 106 valence electrons. The highest BCUT2D eigenvalue weighted by molar-refractivity contribution is 7.98. The monoisotopic (exact) mass is 284 g/mol. The topological polar surface area (TPSA) is 23.6 Å². The molecule has 3 nitrogen and oxygen atoms in total. The lowest BCUT2D eigenvalue weighted by Gasteiger charge is -2.25. The second kappa shape index (κ2) is 6.80. The Hall–Kier alpha value is -1.23. The van der Waals surface area contributed by atoms with E-state index in [9.17, 15) is 9.18 Å². The maximum atomic E-state index is 14.0. The quantitative estimate of drug-likeness (QED) is 0.830. The number of rotatable bonds is 5. The van der Waals surface area contributed by atoms with Gasteiger partial charge < -0.3 is 9.80 Å². The molecule has 0 radical (unpaired) electrons. The summed E-state index contributed by atoms with van der Waals surface area (Å²) in [5.41, 5.74) is 0.870. The average Bonchev–Trinajstić information content (AvgIpc) is 2.37. The minimum atomic E-state index is -0.473. The molecule has 0 aliphatic rings. The van der Waals surface area contributed by atoms with Crippen LogP contribution in [0.15, 0.2) is 18.2 Å². The third-order valence-electron chi connectivity index (χ3n) is 3.09. The fraction of sp³-hybridized carbons (Fsp3) is 0.500. The fourth-order valence-electron chi connectivity index (χ4n) is 1.70. The first-order valence-corrected chi connectivity index (χ1v) is 7.50. The van der Waals surface area contributed by atoms with Crippen molar-refractivity contribution < 1.29 is 9.18 Å². The largest absolute Gasteiger partial charge is 0.378 e. The molecule has 0 saturated carbocycles. The standard InChI is InChI=1S/C14H21FN2OS/c1-10(9-19-5)17(4)14(18)12-7-6-11(16(2)3)8-13(12)15/h6-8,10H,9H2,1-5H3. The second-order valence-corrected chi connectivity index (χ2v) is 5.69. The van der Waals surface area contributed by atoms with E-state index in [2.05, 4.69) is 0 Å². The molecular formula is C14H21FN2OS. The van der Waals surface area contributed by atoms with Gasteiger partial charge in [0.05, 0.1) is 5.56 Å². The van der Waals surface area contributed by atoms with Crippen LogP contribution in [0.3, 0.4) is 0 Å². The predicted octanol–water partition coefficient (Wildman–Crippen LogP) is 2.72. The van der Waals surface area contributed by atoms with E-state index in [4.69, 9.17) is 0 Å². The van der Waals surface area contributed by atoms with Crippen molar-refractivity contribution in [2.45, 2.75) is 13.0 Å². The molecule has 1 unspecified atom stereocenters. The van der Waals surface area contributed by atoms with E-state index in [0.29, 0.717) is 0 Å². The first-order chi connectivity index (χ1) is 8.88. The first kappa shape index (κ1) is 15.8. The number of carbonyl (C=O) groups excluding carboxylic acids is 1. The van der Waals surface area contributed by atoms with E-state index in [1.165, 1.54) is 6.07 Å². The summed E-state index contributed by atoms with van der Waals surface area (Å²) in [6.07, 6.45) is 1.99. The molecule has 0 fully saturated rings. The second-order valence-electron chi connectivity index (χ2n) is 4.78. The average molecular weight is 284 g/mol. The summed E-state index contributed by atoms with van der Waals surface area (Å²) in [7, 11) is 5.38. The van der Waals surface area contributed by atoms with Crippen molar-refractivity contribution in [2.24, 2.45) is 0 Å². The van der Waals surface area contributed by atoms with Crippen molar-refractivity contribution in [3.8, 4) is 0 Å². The maximum absolute atomic E-state index is 14.0. The Kier molecular flexibility index (Phi) is 5.66. The van der Waals surface area contributed by atoms with E-state index >= 15 is 0 Å². The Morgan fingerprint density at radius 3 is 2.47 bits per heavy atom. The van der Waals surface area contributed by atoms with Gasteiger partial charge in [0.2, 0.25) is 0 Å². The van der Waals surface area contributed by atoms with Crippen molar-refractivity contribution in [2.75, 3.05) is 38.1 Å². The zero-order valence-electron chi connectivity index (χ0n) is 12.1. The highest BCUT2D eigenvalue weighted by Gasteiger charge is 2.20. The van der Waals surface area contributed by atoms with Gasteiger partial charge in [0.25, 0.3) is 5.91 Å². The number of anilines is 1. The maximum Gasteiger partial charge on any atom is 0.256 e. The van der Waals surface area contributed by atoms with E-state index < -0.39 is 5.82 Å². The molecule has 0 aliphatic carbocycles. The Labute approximate surface area is 118 Å². The Balaban J connectivity index is 2.94. The van der Waals surface area contributed by atoms with Gasteiger partial charge in [-0.25, -0.2) is 4.39 Å². The lowest BCUT2D eigenvalue weighted by molar-refractivity contribution is 0.0753. The smallest absolute Gasteiger partial charge is 0.256 e. The molecular weight excluding hydrogens is 263 g/mol. The minimum absolute atomic E-state index is 0.0791. The summed E-state index contributed by atoms with van der Waals surface area (Å²) in [6, 6.07) is 4.77. The number of halogens is 1. The van der Waals surface area contributed by atoms with Gasteiger partial charge in [-0.3, -0.25) is 4.79 Å². The SMILES string of the molecule is CSCC(C)N(C)C(=O)c1ccc(N(C)C)cc1F. The van der Waals surface area contributed by atoms with Crippen molar-refractivity contribution in [3.05, 3.63) is 29.6 Å². The van der Waals surface area contributed by atoms with E-state index in [0.717, 1.165) is 11.4 Å².